The minimum atomic E-state index is 0.167. The standard InChI is InChI=1S/C14H16ClNO2/c1-10(13-4-3-7-18-13)16-9-11-5-6-14(17-2)12(15)8-11/h3-8,10,16H,9H2,1-2H3/t10-/m0/s1. The maximum Gasteiger partial charge on any atom is 0.137 e. The maximum atomic E-state index is 6.07. The third-order valence-electron chi connectivity index (χ3n) is 2.80. The summed E-state index contributed by atoms with van der Waals surface area (Å²) in [6.07, 6.45) is 1.68. The van der Waals surface area contributed by atoms with E-state index in [2.05, 4.69) is 12.2 Å². The summed E-state index contributed by atoms with van der Waals surface area (Å²) in [5.74, 6) is 1.62. The molecule has 0 aliphatic carbocycles. The molecular formula is C14H16ClNO2. The zero-order valence-electron chi connectivity index (χ0n) is 10.4. The Labute approximate surface area is 112 Å². The van der Waals surface area contributed by atoms with E-state index in [0.29, 0.717) is 10.8 Å². The lowest BCUT2D eigenvalue weighted by Crippen LogP contribution is -2.17. The van der Waals surface area contributed by atoms with Gasteiger partial charge in [0.1, 0.15) is 11.5 Å². The largest absolute Gasteiger partial charge is 0.495 e. The molecule has 96 valence electrons. The van der Waals surface area contributed by atoms with Crippen molar-refractivity contribution >= 4 is 11.6 Å². The van der Waals surface area contributed by atoms with E-state index < -0.39 is 0 Å². The van der Waals surface area contributed by atoms with Gasteiger partial charge in [0.15, 0.2) is 0 Å². The van der Waals surface area contributed by atoms with Crippen LogP contribution in [0.15, 0.2) is 41.0 Å². The molecule has 1 aromatic carbocycles. The van der Waals surface area contributed by atoms with Gasteiger partial charge in [-0.25, -0.2) is 0 Å². The predicted molar refractivity (Wildman–Crippen MR) is 72.0 cm³/mol. The molecule has 0 radical (unpaired) electrons. The molecule has 0 unspecified atom stereocenters. The van der Waals surface area contributed by atoms with Crippen LogP contribution in [0.4, 0.5) is 0 Å². The Balaban J connectivity index is 1.96. The second-order valence-electron chi connectivity index (χ2n) is 4.09. The summed E-state index contributed by atoms with van der Waals surface area (Å²) in [5.41, 5.74) is 1.11. The molecule has 0 bridgehead atoms. The van der Waals surface area contributed by atoms with Crippen molar-refractivity contribution in [2.75, 3.05) is 7.11 Å². The van der Waals surface area contributed by atoms with E-state index in [1.54, 1.807) is 13.4 Å². The van der Waals surface area contributed by atoms with Crippen LogP contribution in [0.5, 0.6) is 5.75 Å². The number of rotatable bonds is 5. The van der Waals surface area contributed by atoms with Crippen LogP contribution in [-0.4, -0.2) is 7.11 Å². The quantitative estimate of drug-likeness (QED) is 0.893. The molecule has 18 heavy (non-hydrogen) atoms. The first-order valence-corrected chi connectivity index (χ1v) is 6.17. The fraction of sp³-hybridized carbons (Fsp3) is 0.286. The molecular weight excluding hydrogens is 250 g/mol. The van der Waals surface area contributed by atoms with Crippen molar-refractivity contribution in [1.82, 2.24) is 5.32 Å². The van der Waals surface area contributed by atoms with Gasteiger partial charge in [-0.1, -0.05) is 17.7 Å². The summed E-state index contributed by atoms with van der Waals surface area (Å²) in [4.78, 5) is 0. The lowest BCUT2D eigenvalue weighted by atomic mass is 10.2. The van der Waals surface area contributed by atoms with E-state index in [0.717, 1.165) is 17.9 Å². The highest BCUT2D eigenvalue weighted by atomic mass is 35.5. The second kappa shape index (κ2) is 5.94. The van der Waals surface area contributed by atoms with Crippen LogP contribution in [0.2, 0.25) is 5.02 Å². The van der Waals surface area contributed by atoms with Gasteiger partial charge >= 0.3 is 0 Å². The average Bonchev–Trinajstić information content (AvgIpc) is 2.90. The normalized spacial score (nSPS) is 12.4. The zero-order chi connectivity index (χ0) is 13.0. The fourth-order valence-corrected chi connectivity index (χ4v) is 2.01. The monoisotopic (exact) mass is 265 g/mol. The SMILES string of the molecule is COc1ccc(CN[C@@H](C)c2ccco2)cc1Cl. The second-order valence-corrected chi connectivity index (χ2v) is 4.49. The number of hydrogen-bond acceptors (Lipinski definition) is 3. The summed E-state index contributed by atoms with van der Waals surface area (Å²) in [6.45, 7) is 2.79. The van der Waals surface area contributed by atoms with E-state index in [9.17, 15) is 0 Å². The molecule has 1 heterocycles. The molecule has 0 aliphatic heterocycles. The van der Waals surface area contributed by atoms with E-state index in [4.69, 9.17) is 20.8 Å². The Kier molecular flexibility index (Phi) is 4.28. The minimum Gasteiger partial charge on any atom is -0.495 e. The van der Waals surface area contributed by atoms with Crippen molar-refractivity contribution in [3.8, 4) is 5.75 Å². The molecule has 0 saturated carbocycles. The van der Waals surface area contributed by atoms with Crippen molar-refractivity contribution in [2.45, 2.75) is 19.5 Å². The molecule has 1 N–H and O–H groups in total. The minimum absolute atomic E-state index is 0.167. The molecule has 0 amide bonds. The van der Waals surface area contributed by atoms with Gasteiger partial charge in [0, 0.05) is 6.54 Å². The first-order valence-electron chi connectivity index (χ1n) is 5.80. The Morgan fingerprint density at radius 3 is 2.83 bits per heavy atom. The first kappa shape index (κ1) is 13.0. The van der Waals surface area contributed by atoms with Crippen LogP contribution in [0.1, 0.15) is 24.3 Å². The van der Waals surface area contributed by atoms with Crippen LogP contribution in [0.3, 0.4) is 0 Å². The Bertz CT molecular complexity index is 497. The highest BCUT2D eigenvalue weighted by molar-refractivity contribution is 6.32. The number of ether oxygens (including phenoxy) is 1. The van der Waals surface area contributed by atoms with Crippen molar-refractivity contribution < 1.29 is 9.15 Å². The van der Waals surface area contributed by atoms with Crippen LogP contribution in [-0.2, 0) is 6.54 Å². The molecule has 0 saturated heterocycles. The molecule has 0 fully saturated rings. The van der Waals surface area contributed by atoms with Gasteiger partial charge in [0.05, 0.1) is 24.4 Å². The zero-order valence-corrected chi connectivity index (χ0v) is 11.2. The summed E-state index contributed by atoms with van der Waals surface area (Å²) in [7, 11) is 1.61. The lowest BCUT2D eigenvalue weighted by molar-refractivity contribution is 0.414. The summed E-state index contributed by atoms with van der Waals surface area (Å²) >= 11 is 6.07. The number of furan rings is 1. The van der Waals surface area contributed by atoms with Gasteiger partial charge in [-0.3, -0.25) is 0 Å². The molecule has 2 aromatic rings. The highest BCUT2D eigenvalue weighted by Crippen LogP contribution is 2.25. The van der Waals surface area contributed by atoms with Gasteiger partial charge in [0.2, 0.25) is 0 Å². The molecule has 2 rings (SSSR count). The van der Waals surface area contributed by atoms with Crippen molar-refractivity contribution in [3.63, 3.8) is 0 Å². The van der Waals surface area contributed by atoms with E-state index in [1.807, 2.05) is 30.3 Å². The number of hydrogen-bond donors (Lipinski definition) is 1. The first-order chi connectivity index (χ1) is 8.70. The smallest absolute Gasteiger partial charge is 0.137 e. The summed E-state index contributed by atoms with van der Waals surface area (Å²) < 4.78 is 10.5. The Morgan fingerprint density at radius 2 is 2.22 bits per heavy atom. The Hall–Kier alpha value is -1.45. The highest BCUT2D eigenvalue weighted by Gasteiger charge is 2.08. The predicted octanol–water partition coefficient (Wildman–Crippen LogP) is 3.79. The van der Waals surface area contributed by atoms with Crippen molar-refractivity contribution in [3.05, 3.63) is 52.9 Å². The molecule has 3 nitrogen and oxygen atoms in total. The van der Waals surface area contributed by atoms with Crippen LogP contribution < -0.4 is 10.1 Å². The van der Waals surface area contributed by atoms with E-state index >= 15 is 0 Å². The number of benzene rings is 1. The third kappa shape index (κ3) is 3.06. The van der Waals surface area contributed by atoms with E-state index in [1.165, 1.54) is 0 Å². The number of methoxy groups -OCH3 is 1. The summed E-state index contributed by atoms with van der Waals surface area (Å²) in [6, 6.07) is 9.78. The number of nitrogens with one attached hydrogen (secondary N) is 1. The van der Waals surface area contributed by atoms with Crippen molar-refractivity contribution in [1.29, 1.82) is 0 Å². The lowest BCUT2D eigenvalue weighted by Gasteiger charge is -2.12. The Morgan fingerprint density at radius 1 is 1.39 bits per heavy atom. The maximum absolute atomic E-state index is 6.07. The topological polar surface area (TPSA) is 34.4 Å². The molecule has 4 heteroatoms. The van der Waals surface area contributed by atoms with Crippen LogP contribution >= 0.6 is 11.6 Å². The molecule has 1 atom stereocenters. The van der Waals surface area contributed by atoms with Gasteiger partial charge < -0.3 is 14.5 Å². The third-order valence-corrected chi connectivity index (χ3v) is 3.09. The average molecular weight is 266 g/mol. The van der Waals surface area contributed by atoms with Gasteiger partial charge in [-0.2, -0.15) is 0 Å². The molecule has 0 aliphatic rings. The summed E-state index contributed by atoms with van der Waals surface area (Å²) in [5, 5.41) is 4.00. The molecule has 0 spiro atoms. The number of halogens is 1. The van der Waals surface area contributed by atoms with Gasteiger partial charge in [0.25, 0.3) is 0 Å². The van der Waals surface area contributed by atoms with Crippen molar-refractivity contribution in [2.24, 2.45) is 0 Å². The fourth-order valence-electron chi connectivity index (χ4n) is 1.73. The van der Waals surface area contributed by atoms with Crippen LogP contribution in [0.25, 0.3) is 0 Å². The van der Waals surface area contributed by atoms with Gasteiger partial charge in [-0.05, 0) is 36.8 Å². The van der Waals surface area contributed by atoms with Crippen LogP contribution in [0, 0.1) is 0 Å². The van der Waals surface area contributed by atoms with E-state index in [-0.39, 0.29) is 6.04 Å². The molecule has 1 aromatic heterocycles. The van der Waals surface area contributed by atoms with Gasteiger partial charge in [-0.15, -0.1) is 0 Å².